The molecule has 0 amide bonds. The molecule has 1 fully saturated rings. The lowest BCUT2D eigenvalue weighted by Crippen LogP contribution is -2.31. The van der Waals surface area contributed by atoms with Crippen LogP contribution in [0.1, 0.15) is 24.6 Å². The maximum atomic E-state index is 13.7. The number of halogens is 1. The summed E-state index contributed by atoms with van der Waals surface area (Å²) in [7, 11) is 0. The van der Waals surface area contributed by atoms with Gasteiger partial charge in [-0.15, -0.1) is 0 Å². The smallest absolute Gasteiger partial charge is 0.328 e. The zero-order valence-electron chi connectivity index (χ0n) is 9.43. The standard InChI is InChI=1S/C10H13FN2O4S/c11-10(5-15)2-1-7(17-10)13-3-6(4-14)8(18)12-9(13)16/h3,7,14-15H,1-2,4-5H2,(H,12,16,18)/t7-,10+/m1/s1. The molecule has 0 bridgehead atoms. The van der Waals surface area contributed by atoms with E-state index in [4.69, 9.17) is 27.2 Å². The first-order valence-electron chi connectivity index (χ1n) is 5.42. The topological polar surface area (TPSA) is 87.5 Å². The van der Waals surface area contributed by atoms with E-state index in [1.54, 1.807) is 0 Å². The molecule has 0 aliphatic carbocycles. The van der Waals surface area contributed by atoms with Gasteiger partial charge >= 0.3 is 5.69 Å². The molecule has 1 saturated heterocycles. The van der Waals surface area contributed by atoms with Crippen LogP contribution >= 0.6 is 12.2 Å². The number of aliphatic hydroxyl groups excluding tert-OH is 2. The molecule has 100 valence electrons. The number of nitrogens with one attached hydrogen (secondary N) is 1. The van der Waals surface area contributed by atoms with Gasteiger partial charge in [-0.25, -0.2) is 9.18 Å². The fourth-order valence-corrected chi connectivity index (χ4v) is 2.07. The van der Waals surface area contributed by atoms with Crippen molar-refractivity contribution < 1.29 is 19.3 Å². The van der Waals surface area contributed by atoms with Gasteiger partial charge in [-0.3, -0.25) is 9.55 Å². The molecule has 0 saturated carbocycles. The third-order valence-electron chi connectivity index (χ3n) is 2.87. The van der Waals surface area contributed by atoms with Crippen molar-refractivity contribution in [1.82, 2.24) is 9.55 Å². The maximum absolute atomic E-state index is 13.7. The molecular formula is C10H13FN2O4S. The fourth-order valence-electron chi connectivity index (χ4n) is 1.87. The molecule has 0 spiro atoms. The number of hydrogen-bond acceptors (Lipinski definition) is 5. The van der Waals surface area contributed by atoms with Gasteiger partial charge in [0.1, 0.15) is 17.5 Å². The van der Waals surface area contributed by atoms with Gasteiger partial charge in [-0.2, -0.15) is 0 Å². The minimum atomic E-state index is -2.11. The van der Waals surface area contributed by atoms with Crippen LogP contribution in [0, 0.1) is 4.64 Å². The average molecular weight is 276 g/mol. The van der Waals surface area contributed by atoms with Gasteiger partial charge in [-0.05, 0) is 6.42 Å². The van der Waals surface area contributed by atoms with E-state index in [0.29, 0.717) is 5.56 Å². The largest absolute Gasteiger partial charge is 0.392 e. The predicted octanol–water partition coefficient (Wildman–Crippen LogP) is 0.365. The Balaban J connectivity index is 2.36. The van der Waals surface area contributed by atoms with Crippen molar-refractivity contribution in [2.75, 3.05) is 6.61 Å². The fraction of sp³-hybridized carbons (Fsp3) is 0.600. The number of aromatic nitrogens is 2. The Morgan fingerprint density at radius 1 is 1.67 bits per heavy atom. The molecule has 1 aliphatic rings. The van der Waals surface area contributed by atoms with E-state index in [9.17, 15) is 9.18 Å². The van der Waals surface area contributed by atoms with E-state index in [2.05, 4.69) is 4.98 Å². The zero-order valence-corrected chi connectivity index (χ0v) is 10.2. The molecule has 18 heavy (non-hydrogen) atoms. The summed E-state index contributed by atoms with van der Waals surface area (Å²) in [5.74, 6) is -2.11. The highest BCUT2D eigenvalue weighted by atomic mass is 32.1. The molecule has 1 aliphatic heterocycles. The van der Waals surface area contributed by atoms with E-state index < -0.39 is 24.4 Å². The molecule has 3 N–H and O–H groups in total. The lowest BCUT2D eigenvalue weighted by atomic mass is 10.2. The van der Waals surface area contributed by atoms with Gasteiger partial charge in [-0.1, -0.05) is 12.2 Å². The summed E-state index contributed by atoms with van der Waals surface area (Å²) in [4.78, 5) is 14.1. The van der Waals surface area contributed by atoms with E-state index in [1.165, 1.54) is 6.20 Å². The maximum Gasteiger partial charge on any atom is 0.328 e. The molecule has 2 rings (SSSR count). The normalized spacial score (nSPS) is 27.6. The molecule has 2 atom stereocenters. The van der Waals surface area contributed by atoms with Crippen LogP contribution in [-0.4, -0.2) is 32.2 Å². The number of nitrogens with zero attached hydrogens (tertiary/aromatic N) is 1. The summed E-state index contributed by atoms with van der Waals surface area (Å²) in [5.41, 5.74) is -0.182. The summed E-state index contributed by atoms with van der Waals surface area (Å²) >= 11 is 4.86. The molecule has 8 heteroatoms. The number of aliphatic hydroxyl groups is 2. The minimum Gasteiger partial charge on any atom is -0.392 e. The van der Waals surface area contributed by atoms with Crippen molar-refractivity contribution in [1.29, 1.82) is 0 Å². The van der Waals surface area contributed by atoms with Crippen molar-refractivity contribution in [3.05, 3.63) is 26.9 Å². The van der Waals surface area contributed by atoms with Crippen molar-refractivity contribution in [3.63, 3.8) is 0 Å². The number of alkyl halides is 1. The predicted molar refractivity (Wildman–Crippen MR) is 62.1 cm³/mol. The number of ether oxygens (including phenoxy) is 1. The Bertz CT molecular complexity index is 558. The SMILES string of the molecule is O=c1[nH]c(=S)c(CO)cn1[C@H]1CC[C@@](F)(CO)O1. The van der Waals surface area contributed by atoms with Gasteiger partial charge in [0.05, 0.1) is 6.61 Å². The van der Waals surface area contributed by atoms with E-state index >= 15 is 0 Å². The molecule has 6 nitrogen and oxygen atoms in total. The van der Waals surface area contributed by atoms with Gasteiger partial charge in [0.15, 0.2) is 0 Å². The highest BCUT2D eigenvalue weighted by Crippen LogP contribution is 2.36. The van der Waals surface area contributed by atoms with Crippen molar-refractivity contribution in [2.45, 2.75) is 31.5 Å². The van der Waals surface area contributed by atoms with E-state index in [0.717, 1.165) is 4.57 Å². The first-order chi connectivity index (χ1) is 8.49. The second-order valence-electron chi connectivity index (χ2n) is 4.13. The Labute approximate surface area is 107 Å². The van der Waals surface area contributed by atoms with Crippen LogP contribution in [0.2, 0.25) is 0 Å². The highest BCUT2D eigenvalue weighted by molar-refractivity contribution is 7.71. The Morgan fingerprint density at radius 2 is 2.39 bits per heavy atom. The summed E-state index contributed by atoms with van der Waals surface area (Å²) in [6.07, 6.45) is 0.790. The molecule has 1 aromatic heterocycles. The summed E-state index contributed by atoms with van der Waals surface area (Å²) in [6, 6.07) is 0. The first-order valence-corrected chi connectivity index (χ1v) is 5.83. The molecular weight excluding hydrogens is 263 g/mol. The summed E-state index contributed by atoms with van der Waals surface area (Å²) in [5, 5.41) is 17.9. The minimum absolute atomic E-state index is 0.00465. The highest BCUT2D eigenvalue weighted by Gasteiger charge is 2.41. The number of H-pyrrole nitrogens is 1. The van der Waals surface area contributed by atoms with Gasteiger partial charge in [0.2, 0.25) is 5.85 Å². The second kappa shape index (κ2) is 4.88. The molecule has 1 aromatic rings. The summed E-state index contributed by atoms with van der Waals surface area (Å²) < 4.78 is 20.0. The Hall–Kier alpha value is -1.09. The van der Waals surface area contributed by atoms with Crippen LogP contribution in [0.5, 0.6) is 0 Å². The third kappa shape index (κ3) is 2.37. The quantitative estimate of drug-likeness (QED) is 0.694. The van der Waals surface area contributed by atoms with Crippen LogP contribution in [-0.2, 0) is 11.3 Å². The second-order valence-corrected chi connectivity index (χ2v) is 4.54. The van der Waals surface area contributed by atoms with Crippen LogP contribution < -0.4 is 5.69 Å². The molecule has 0 radical (unpaired) electrons. The lowest BCUT2D eigenvalue weighted by Gasteiger charge is -2.19. The number of aromatic amines is 1. The average Bonchev–Trinajstić information content (AvgIpc) is 2.73. The van der Waals surface area contributed by atoms with Crippen LogP contribution in [0.25, 0.3) is 0 Å². The van der Waals surface area contributed by atoms with Gasteiger partial charge in [0, 0.05) is 18.2 Å². The van der Waals surface area contributed by atoms with Gasteiger partial charge in [0.25, 0.3) is 0 Å². The third-order valence-corrected chi connectivity index (χ3v) is 3.23. The Kier molecular flexibility index (Phi) is 3.62. The molecule has 0 unspecified atom stereocenters. The van der Waals surface area contributed by atoms with E-state index in [1.807, 2.05) is 0 Å². The van der Waals surface area contributed by atoms with Crippen LogP contribution in [0.3, 0.4) is 0 Å². The van der Waals surface area contributed by atoms with Gasteiger partial charge < -0.3 is 14.9 Å². The number of hydrogen-bond donors (Lipinski definition) is 3. The zero-order chi connectivity index (χ0) is 13.3. The monoisotopic (exact) mass is 276 g/mol. The van der Waals surface area contributed by atoms with Crippen molar-refractivity contribution >= 4 is 12.2 Å². The van der Waals surface area contributed by atoms with Crippen molar-refractivity contribution in [3.8, 4) is 0 Å². The Morgan fingerprint density at radius 3 is 2.94 bits per heavy atom. The molecule has 2 heterocycles. The first kappa shape index (κ1) is 13.3. The molecule has 0 aromatic carbocycles. The lowest BCUT2D eigenvalue weighted by molar-refractivity contribution is -0.177. The van der Waals surface area contributed by atoms with Crippen LogP contribution in [0.4, 0.5) is 4.39 Å². The summed E-state index contributed by atoms with van der Waals surface area (Å²) in [6.45, 7) is -1.09. The van der Waals surface area contributed by atoms with Crippen LogP contribution in [0.15, 0.2) is 11.0 Å². The van der Waals surface area contributed by atoms with Crippen molar-refractivity contribution in [2.24, 2.45) is 0 Å². The van der Waals surface area contributed by atoms with E-state index in [-0.39, 0.29) is 24.1 Å². The number of rotatable bonds is 3.